The summed E-state index contributed by atoms with van der Waals surface area (Å²) in [4.78, 5) is 14.3. The average Bonchev–Trinajstić information content (AvgIpc) is 2.93. The van der Waals surface area contributed by atoms with E-state index in [0.29, 0.717) is 12.2 Å². The van der Waals surface area contributed by atoms with Crippen LogP contribution in [0.15, 0.2) is 36.4 Å². The van der Waals surface area contributed by atoms with E-state index in [-0.39, 0.29) is 5.97 Å². The van der Waals surface area contributed by atoms with Crippen molar-refractivity contribution in [2.45, 2.75) is 6.54 Å². The number of carbonyl (C=O) groups excluding carboxylic acids is 1. The highest BCUT2D eigenvalue weighted by atomic mass is 16.5. The SMILES string of the molecule is C#Cc1cccc(NCc2ccc(C(=O)OC)[nH]2)c1. The number of aromatic nitrogens is 1. The molecule has 4 heteroatoms. The Morgan fingerprint density at radius 2 is 2.26 bits per heavy atom. The Labute approximate surface area is 111 Å². The zero-order chi connectivity index (χ0) is 13.7. The number of anilines is 1. The van der Waals surface area contributed by atoms with Gasteiger partial charge in [-0.05, 0) is 30.3 Å². The summed E-state index contributed by atoms with van der Waals surface area (Å²) >= 11 is 0. The molecule has 0 unspecified atom stereocenters. The first kappa shape index (κ1) is 12.8. The molecule has 19 heavy (non-hydrogen) atoms. The Morgan fingerprint density at radius 1 is 1.42 bits per heavy atom. The molecular formula is C15H14N2O2. The molecule has 1 aromatic heterocycles. The van der Waals surface area contributed by atoms with Crippen LogP contribution in [0.3, 0.4) is 0 Å². The molecule has 0 atom stereocenters. The number of carbonyl (C=O) groups is 1. The molecule has 0 amide bonds. The summed E-state index contributed by atoms with van der Waals surface area (Å²) in [5.41, 5.74) is 3.10. The number of hydrogen-bond acceptors (Lipinski definition) is 3. The molecule has 2 aromatic rings. The van der Waals surface area contributed by atoms with Crippen LogP contribution in [0.5, 0.6) is 0 Å². The van der Waals surface area contributed by atoms with Crippen LogP contribution in [0, 0.1) is 12.3 Å². The van der Waals surface area contributed by atoms with Gasteiger partial charge in [0.1, 0.15) is 5.69 Å². The van der Waals surface area contributed by atoms with Crippen molar-refractivity contribution < 1.29 is 9.53 Å². The van der Waals surface area contributed by atoms with Crippen molar-refractivity contribution in [3.8, 4) is 12.3 Å². The molecule has 0 aliphatic heterocycles. The number of ether oxygens (including phenoxy) is 1. The smallest absolute Gasteiger partial charge is 0.354 e. The lowest BCUT2D eigenvalue weighted by Gasteiger charge is -2.05. The van der Waals surface area contributed by atoms with E-state index in [4.69, 9.17) is 6.42 Å². The Balaban J connectivity index is 2.00. The van der Waals surface area contributed by atoms with E-state index in [0.717, 1.165) is 16.9 Å². The van der Waals surface area contributed by atoms with Gasteiger partial charge in [0, 0.05) is 16.9 Å². The highest BCUT2D eigenvalue weighted by molar-refractivity contribution is 5.87. The number of esters is 1. The van der Waals surface area contributed by atoms with Gasteiger partial charge in [-0.1, -0.05) is 12.0 Å². The highest BCUT2D eigenvalue weighted by Crippen LogP contribution is 2.11. The first-order valence-corrected chi connectivity index (χ1v) is 5.79. The van der Waals surface area contributed by atoms with Gasteiger partial charge in [-0.15, -0.1) is 6.42 Å². The molecule has 0 aliphatic carbocycles. The monoisotopic (exact) mass is 254 g/mol. The molecule has 2 N–H and O–H groups in total. The molecule has 0 radical (unpaired) electrons. The van der Waals surface area contributed by atoms with Gasteiger partial charge in [0.05, 0.1) is 13.7 Å². The number of terminal acetylenes is 1. The maximum Gasteiger partial charge on any atom is 0.354 e. The molecule has 0 saturated carbocycles. The summed E-state index contributed by atoms with van der Waals surface area (Å²) in [6.07, 6.45) is 5.34. The van der Waals surface area contributed by atoms with E-state index in [9.17, 15) is 4.79 Å². The summed E-state index contributed by atoms with van der Waals surface area (Å²) in [5.74, 6) is 2.21. The summed E-state index contributed by atoms with van der Waals surface area (Å²) in [6.45, 7) is 0.574. The minimum absolute atomic E-state index is 0.374. The number of methoxy groups -OCH3 is 1. The molecule has 0 fully saturated rings. The van der Waals surface area contributed by atoms with Crippen molar-refractivity contribution in [1.29, 1.82) is 0 Å². The fraction of sp³-hybridized carbons (Fsp3) is 0.133. The highest BCUT2D eigenvalue weighted by Gasteiger charge is 2.07. The number of benzene rings is 1. The number of nitrogens with one attached hydrogen (secondary N) is 2. The fourth-order valence-electron chi connectivity index (χ4n) is 1.69. The van der Waals surface area contributed by atoms with Crippen molar-refractivity contribution >= 4 is 11.7 Å². The summed E-state index contributed by atoms with van der Waals surface area (Å²) in [5, 5.41) is 3.23. The summed E-state index contributed by atoms with van der Waals surface area (Å²) in [7, 11) is 1.35. The number of rotatable bonds is 4. The van der Waals surface area contributed by atoms with E-state index in [1.165, 1.54) is 7.11 Å². The van der Waals surface area contributed by atoms with Gasteiger partial charge in [0.2, 0.25) is 0 Å². The predicted molar refractivity (Wildman–Crippen MR) is 73.8 cm³/mol. The fourth-order valence-corrected chi connectivity index (χ4v) is 1.69. The van der Waals surface area contributed by atoms with Crippen LogP contribution in [-0.4, -0.2) is 18.1 Å². The predicted octanol–water partition coefficient (Wildman–Crippen LogP) is 2.39. The first-order valence-electron chi connectivity index (χ1n) is 5.79. The Hall–Kier alpha value is -2.67. The lowest BCUT2D eigenvalue weighted by atomic mass is 10.2. The van der Waals surface area contributed by atoms with E-state index in [1.54, 1.807) is 6.07 Å². The van der Waals surface area contributed by atoms with Crippen molar-refractivity contribution in [2.75, 3.05) is 12.4 Å². The average molecular weight is 254 g/mol. The second kappa shape index (κ2) is 5.78. The quantitative estimate of drug-likeness (QED) is 0.650. The van der Waals surface area contributed by atoms with E-state index in [1.807, 2.05) is 30.3 Å². The van der Waals surface area contributed by atoms with Crippen LogP contribution in [-0.2, 0) is 11.3 Å². The Kier molecular flexibility index (Phi) is 3.89. The van der Waals surface area contributed by atoms with Crippen LogP contribution in [0.25, 0.3) is 0 Å². The lowest BCUT2D eigenvalue weighted by Crippen LogP contribution is -2.03. The maximum absolute atomic E-state index is 11.3. The normalized spacial score (nSPS) is 9.68. The number of H-pyrrole nitrogens is 1. The van der Waals surface area contributed by atoms with Gasteiger partial charge in [0.25, 0.3) is 0 Å². The molecule has 0 bridgehead atoms. The van der Waals surface area contributed by atoms with Crippen LogP contribution in [0.2, 0.25) is 0 Å². The standard InChI is InChI=1S/C15H14N2O2/c1-3-11-5-4-6-12(9-11)16-10-13-7-8-14(17-13)15(18)19-2/h1,4-9,16-17H,10H2,2H3. The Bertz CT molecular complexity index is 623. The molecule has 1 aromatic carbocycles. The zero-order valence-corrected chi connectivity index (χ0v) is 10.6. The topological polar surface area (TPSA) is 54.1 Å². The molecule has 4 nitrogen and oxygen atoms in total. The maximum atomic E-state index is 11.3. The van der Waals surface area contributed by atoms with Gasteiger partial charge in [-0.3, -0.25) is 0 Å². The minimum Gasteiger partial charge on any atom is -0.464 e. The van der Waals surface area contributed by atoms with E-state index >= 15 is 0 Å². The van der Waals surface area contributed by atoms with E-state index < -0.39 is 0 Å². The number of aromatic amines is 1. The second-order valence-corrected chi connectivity index (χ2v) is 3.97. The van der Waals surface area contributed by atoms with Crippen molar-refractivity contribution in [1.82, 2.24) is 4.98 Å². The van der Waals surface area contributed by atoms with Crippen molar-refractivity contribution in [3.05, 3.63) is 53.3 Å². The van der Waals surface area contributed by atoms with Crippen molar-refractivity contribution in [3.63, 3.8) is 0 Å². The Morgan fingerprint density at radius 3 is 3.00 bits per heavy atom. The minimum atomic E-state index is -0.374. The molecule has 1 heterocycles. The zero-order valence-electron chi connectivity index (χ0n) is 10.6. The van der Waals surface area contributed by atoms with Crippen LogP contribution in [0.1, 0.15) is 21.7 Å². The molecule has 0 saturated heterocycles. The largest absolute Gasteiger partial charge is 0.464 e. The third kappa shape index (κ3) is 3.17. The van der Waals surface area contributed by atoms with Crippen LogP contribution < -0.4 is 5.32 Å². The molecular weight excluding hydrogens is 240 g/mol. The summed E-state index contributed by atoms with van der Waals surface area (Å²) < 4.78 is 4.63. The number of hydrogen-bond donors (Lipinski definition) is 2. The van der Waals surface area contributed by atoms with E-state index in [2.05, 4.69) is 21.0 Å². The first-order chi connectivity index (χ1) is 9.22. The van der Waals surface area contributed by atoms with Crippen LogP contribution >= 0.6 is 0 Å². The van der Waals surface area contributed by atoms with Crippen molar-refractivity contribution in [2.24, 2.45) is 0 Å². The molecule has 0 aliphatic rings. The molecule has 0 spiro atoms. The third-order valence-corrected chi connectivity index (χ3v) is 2.66. The third-order valence-electron chi connectivity index (χ3n) is 2.66. The van der Waals surface area contributed by atoms with Gasteiger partial charge >= 0.3 is 5.97 Å². The van der Waals surface area contributed by atoms with Gasteiger partial charge in [-0.2, -0.15) is 0 Å². The lowest BCUT2D eigenvalue weighted by molar-refractivity contribution is 0.0594. The van der Waals surface area contributed by atoms with Gasteiger partial charge in [-0.25, -0.2) is 4.79 Å². The summed E-state index contributed by atoms with van der Waals surface area (Å²) in [6, 6.07) is 11.1. The van der Waals surface area contributed by atoms with Crippen LogP contribution in [0.4, 0.5) is 5.69 Å². The van der Waals surface area contributed by atoms with Gasteiger partial charge < -0.3 is 15.0 Å². The molecule has 2 rings (SSSR count). The molecule has 96 valence electrons. The van der Waals surface area contributed by atoms with Gasteiger partial charge in [0.15, 0.2) is 0 Å². The second-order valence-electron chi connectivity index (χ2n) is 3.97.